The molecule has 9 heteroatoms. The van der Waals surface area contributed by atoms with Gasteiger partial charge in [0.1, 0.15) is 23.4 Å². The molecule has 2 atom stereocenters. The molecule has 9 nitrogen and oxygen atoms in total. The highest BCUT2D eigenvalue weighted by molar-refractivity contribution is 5.92. The van der Waals surface area contributed by atoms with Gasteiger partial charge in [-0.1, -0.05) is 25.5 Å². The first-order valence-electron chi connectivity index (χ1n) is 11.1. The van der Waals surface area contributed by atoms with E-state index in [-0.39, 0.29) is 17.7 Å². The van der Waals surface area contributed by atoms with Gasteiger partial charge in [0, 0.05) is 12.6 Å². The van der Waals surface area contributed by atoms with Crippen molar-refractivity contribution in [1.29, 1.82) is 0 Å². The number of unbranched alkanes of at least 4 members (excludes halogenated alkanes) is 1. The molecular formula is C23H35N3O6. The van der Waals surface area contributed by atoms with Crippen molar-refractivity contribution in [2.24, 2.45) is 0 Å². The molecule has 1 saturated carbocycles. The lowest BCUT2D eigenvalue weighted by molar-refractivity contribution is -0.144. The number of aromatic hydroxyl groups is 1. The molecule has 3 amide bonds. The average molecular weight is 450 g/mol. The Morgan fingerprint density at radius 1 is 1.25 bits per heavy atom. The van der Waals surface area contributed by atoms with Crippen LogP contribution < -0.4 is 10.6 Å². The lowest BCUT2D eigenvalue weighted by Gasteiger charge is -2.34. The van der Waals surface area contributed by atoms with Crippen LogP contribution in [0.15, 0.2) is 24.3 Å². The van der Waals surface area contributed by atoms with E-state index in [9.17, 15) is 24.6 Å². The molecule has 1 aromatic carbocycles. The summed E-state index contributed by atoms with van der Waals surface area (Å²) in [7, 11) is 0. The lowest BCUT2D eigenvalue weighted by Crippen LogP contribution is -2.55. The topological polar surface area (TPSA) is 128 Å². The van der Waals surface area contributed by atoms with E-state index in [2.05, 4.69) is 10.6 Å². The van der Waals surface area contributed by atoms with Crippen LogP contribution in [-0.2, 0) is 14.3 Å². The van der Waals surface area contributed by atoms with Crippen LogP contribution in [0.2, 0.25) is 0 Å². The van der Waals surface area contributed by atoms with Crippen molar-refractivity contribution in [2.45, 2.75) is 77.1 Å². The second kappa shape index (κ2) is 11.2. The van der Waals surface area contributed by atoms with Crippen molar-refractivity contribution >= 4 is 17.9 Å². The first kappa shape index (κ1) is 25.5. The van der Waals surface area contributed by atoms with Crippen molar-refractivity contribution < 1.29 is 29.3 Å². The second-order valence-corrected chi connectivity index (χ2v) is 9.00. The molecule has 1 fully saturated rings. The molecule has 1 aromatic rings. The number of nitrogens with one attached hydrogen (secondary N) is 2. The normalized spacial score (nSPS) is 15.4. The number of phenols is 1. The van der Waals surface area contributed by atoms with E-state index in [1.54, 1.807) is 32.9 Å². The molecule has 4 N–H and O–H groups in total. The van der Waals surface area contributed by atoms with E-state index in [1.807, 2.05) is 6.92 Å². The number of ether oxygens (including phenoxy) is 1. The molecule has 2 unspecified atom stereocenters. The third-order valence-electron chi connectivity index (χ3n) is 4.91. The van der Waals surface area contributed by atoms with Crippen LogP contribution in [0.3, 0.4) is 0 Å². The highest BCUT2D eigenvalue weighted by atomic mass is 16.6. The number of aliphatic hydroxyl groups is 1. The predicted molar refractivity (Wildman–Crippen MR) is 119 cm³/mol. The van der Waals surface area contributed by atoms with Gasteiger partial charge in [-0.25, -0.2) is 4.79 Å². The molecule has 0 bridgehead atoms. The molecule has 0 spiro atoms. The Kier molecular flexibility index (Phi) is 8.89. The number of aliphatic hydroxyl groups excluding tert-OH is 1. The van der Waals surface area contributed by atoms with Gasteiger partial charge in [0.05, 0.1) is 6.61 Å². The number of benzene rings is 1. The van der Waals surface area contributed by atoms with Crippen molar-refractivity contribution in [3.05, 3.63) is 29.8 Å². The summed E-state index contributed by atoms with van der Waals surface area (Å²) in [6.07, 6.45) is 2.26. The quantitative estimate of drug-likeness (QED) is 0.406. The smallest absolute Gasteiger partial charge is 0.408 e. The fraction of sp³-hybridized carbons (Fsp3) is 0.609. The summed E-state index contributed by atoms with van der Waals surface area (Å²) in [5.74, 6) is -0.985. The van der Waals surface area contributed by atoms with Crippen LogP contribution >= 0.6 is 0 Å². The molecule has 1 aliphatic carbocycles. The van der Waals surface area contributed by atoms with Gasteiger partial charge in [-0.15, -0.1) is 0 Å². The number of carbonyl (C=O) groups excluding carboxylic acids is 3. The Morgan fingerprint density at radius 2 is 1.94 bits per heavy atom. The minimum atomic E-state index is -1.27. The summed E-state index contributed by atoms with van der Waals surface area (Å²) in [5.41, 5.74) is -0.319. The maximum absolute atomic E-state index is 13.4. The zero-order valence-corrected chi connectivity index (χ0v) is 19.3. The molecule has 0 saturated heterocycles. The second-order valence-electron chi connectivity index (χ2n) is 9.00. The molecule has 1 aliphatic rings. The zero-order valence-electron chi connectivity index (χ0n) is 19.3. The van der Waals surface area contributed by atoms with Crippen LogP contribution in [0.1, 0.15) is 65.0 Å². The Hall–Kier alpha value is -2.81. The van der Waals surface area contributed by atoms with Crippen LogP contribution in [0.25, 0.3) is 0 Å². The number of hydrogen-bond donors (Lipinski definition) is 4. The summed E-state index contributed by atoms with van der Waals surface area (Å²) >= 11 is 0. The molecule has 0 aromatic heterocycles. The van der Waals surface area contributed by atoms with Crippen molar-refractivity contribution in [3.63, 3.8) is 0 Å². The Morgan fingerprint density at radius 3 is 2.47 bits per heavy atom. The van der Waals surface area contributed by atoms with Gasteiger partial charge in [0.15, 0.2) is 0 Å². The maximum Gasteiger partial charge on any atom is 0.408 e. The summed E-state index contributed by atoms with van der Waals surface area (Å²) in [6, 6.07) is 3.72. The van der Waals surface area contributed by atoms with Crippen molar-refractivity contribution in [1.82, 2.24) is 15.5 Å². The van der Waals surface area contributed by atoms with E-state index in [0.29, 0.717) is 24.9 Å². The van der Waals surface area contributed by atoms with Gasteiger partial charge in [0.25, 0.3) is 0 Å². The average Bonchev–Trinajstić information content (AvgIpc) is 3.53. The number of hydrogen-bond acceptors (Lipinski definition) is 6. The summed E-state index contributed by atoms with van der Waals surface area (Å²) in [4.78, 5) is 40.2. The van der Waals surface area contributed by atoms with E-state index >= 15 is 0 Å². The molecule has 178 valence electrons. The van der Waals surface area contributed by atoms with E-state index in [4.69, 9.17) is 4.74 Å². The minimum absolute atomic E-state index is 0.0253. The summed E-state index contributed by atoms with van der Waals surface area (Å²) in [6.45, 7) is 6.89. The highest BCUT2D eigenvalue weighted by Crippen LogP contribution is 2.36. The Bertz CT molecular complexity index is 803. The number of nitrogens with zero attached hydrogens (tertiary/aromatic N) is 1. The largest absolute Gasteiger partial charge is 0.508 e. The van der Waals surface area contributed by atoms with Gasteiger partial charge in [0.2, 0.25) is 11.8 Å². The van der Waals surface area contributed by atoms with Gasteiger partial charge in [-0.3, -0.25) is 9.59 Å². The number of phenolic OH excluding ortho intramolecular Hbond substituents is 1. The molecule has 0 aliphatic heterocycles. The van der Waals surface area contributed by atoms with E-state index < -0.39 is 36.3 Å². The lowest BCUT2D eigenvalue weighted by atomic mass is 10.0. The van der Waals surface area contributed by atoms with Crippen molar-refractivity contribution in [2.75, 3.05) is 13.2 Å². The third kappa shape index (κ3) is 7.40. The van der Waals surface area contributed by atoms with Crippen LogP contribution in [-0.4, -0.2) is 63.9 Å². The third-order valence-corrected chi connectivity index (χ3v) is 4.91. The van der Waals surface area contributed by atoms with Gasteiger partial charge in [-0.05, 0) is 57.7 Å². The van der Waals surface area contributed by atoms with Crippen LogP contribution in [0, 0.1) is 0 Å². The standard InChI is InChI=1S/C23H35N3O6/c1-5-6-12-24-20(29)19(15-8-7-9-17(28)13-15)26(16-10-11-16)21(30)18(14-27)25-22(31)32-23(2,3)4/h7-9,13,16,18-19,27-28H,5-6,10-12,14H2,1-4H3,(H,24,29)(H,25,31). The molecule has 2 rings (SSSR count). The first-order chi connectivity index (χ1) is 15.1. The van der Waals surface area contributed by atoms with Crippen LogP contribution in [0.5, 0.6) is 5.75 Å². The van der Waals surface area contributed by atoms with Gasteiger partial charge < -0.3 is 30.5 Å². The predicted octanol–water partition coefficient (Wildman–Crippen LogP) is 2.23. The van der Waals surface area contributed by atoms with E-state index in [1.165, 1.54) is 17.0 Å². The molecule has 0 heterocycles. The number of rotatable bonds is 10. The van der Waals surface area contributed by atoms with Gasteiger partial charge in [-0.2, -0.15) is 0 Å². The molecule has 32 heavy (non-hydrogen) atoms. The summed E-state index contributed by atoms with van der Waals surface area (Å²) in [5, 5.41) is 25.1. The van der Waals surface area contributed by atoms with Crippen molar-refractivity contribution in [3.8, 4) is 5.75 Å². The highest BCUT2D eigenvalue weighted by Gasteiger charge is 2.44. The SMILES string of the molecule is CCCCNC(=O)C(c1cccc(O)c1)N(C(=O)C(CO)NC(=O)OC(C)(C)C)C1CC1. The summed E-state index contributed by atoms with van der Waals surface area (Å²) < 4.78 is 5.21. The number of carbonyl (C=O) groups is 3. The monoisotopic (exact) mass is 449 g/mol. The Labute approximate surface area is 189 Å². The zero-order chi connectivity index (χ0) is 23.9. The maximum atomic E-state index is 13.4. The fourth-order valence-corrected chi connectivity index (χ4v) is 3.30. The number of amides is 3. The number of alkyl carbamates (subject to hydrolysis) is 1. The Balaban J connectivity index is 2.33. The first-order valence-corrected chi connectivity index (χ1v) is 11.1. The fourth-order valence-electron chi connectivity index (χ4n) is 3.30. The van der Waals surface area contributed by atoms with Crippen LogP contribution in [0.4, 0.5) is 4.79 Å². The minimum Gasteiger partial charge on any atom is -0.508 e. The molecule has 0 radical (unpaired) electrons. The van der Waals surface area contributed by atoms with E-state index in [0.717, 1.165) is 12.8 Å². The molecular weight excluding hydrogens is 414 g/mol. The van der Waals surface area contributed by atoms with Gasteiger partial charge >= 0.3 is 6.09 Å².